The largest absolute Gasteiger partial charge is 0.457 e. The molecule has 0 amide bonds. The molecule has 5 nitrogen and oxygen atoms in total. The van der Waals surface area contributed by atoms with Gasteiger partial charge in [0.25, 0.3) is 6.33 Å². The smallest absolute Gasteiger partial charge is 0.255 e. The Hall–Kier alpha value is -5.68. The molecule has 8 rings (SSSR count). The van der Waals surface area contributed by atoms with Crippen LogP contribution in [0.15, 0.2) is 134 Å². The molecule has 230 valence electrons. The lowest BCUT2D eigenvalue weighted by molar-refractivity contribution is -0.567. The zero-order valence-corrected chi connectivity index (χ0v) is 27.4. The van der Waals surface area contributed by atoms with Crippen LogP contribution in [-0.4, -0.2) is 14.1 Å². The lowest BCUT2D eigenvalue weighted by atomic mass is 9.86. The molecular weight excluding hydrogens is 576 g/mol. The number of aryl methyl sites for hydroxylation is 2. The Morgan fingerprint density at radius 1 is 0.638 bits per heavy atom. The molecule has 0 saturated carbocycles. The van der Waals surface area contributed by atoms with Crippen molar-refractivity contribution in [2.75, 3.05) is 0 Å². The average molecular weight is 614 g/mol. The van der Waals surface area contributed by atoms with E-state index in [1.54, 1.807) is 0 Å². The predicted molar refractivity (Wildman–Crippen MR) is 192 cm³/mol. The highest BCUT2D eigenvalue weighted by atomic mass is 16.5. The molecule has 0 radical (unpaired) electrons. The monoisotopic (exact) mass is 613 g/mol. The topological polar surface area (TPSA) is 35.9 Å². The SMILES string of the molecule is Cc1cc2c(cc1C)[n+](-c1ccccc1)cn2-c1cc(Oc2ccc3c4ccccc4n(-c4ccccn4)c3c2)cc(C(C)(C)C)c1. The summed E-state index contributed by atoms with van der Waals surface area (Å²) in [6.45, 7) is 11.1. The van der Waals surface area contributed by atoms with E-state index in [0.717, 1.165) is 56.1 Å². The van der Waals surface area contributed by atoms with Crippen molar-refractivity contribution < 1.29 is 9.30 Å². The van der Waals surface area contributed by atoms with E-state index in [9.17, 15) is 0 Å². The zero-order valence-electron chi connectivity index (χ0n) is 27.4. The molecule has 0 saturated heterocycles. The van der Waals surface area contributed by atoms with Crippen LogP contribution in [0.4, 0.5) is 0 Å². The summed E-state index contributed by atoms with van der Waals surface area (Å²) in [4.78, 5) is 4.70. The number of fused-ring (bicyclic) bond motifs is 4. The van der Waals surface area contributed by atoms with E-state index in [1.807, 2.05) is 24.4 Å². The highest BCUT2D eigenvalue weighted by Crippen LogP contribution is 2.37. The molecule has 5 aromatic carbocycles. The molecule has 5 heteroatoms. The first-order valence-corrected chi connectivity index (χ1v) is 16.1. The number of hydrogen-bond acceptors (Lipinski definition) is 2. The van der Waals surface area contributed by atoms with E-state index in [-0.39, 0.29) is 5.41 Å². The van der Waals surface area contributed by atoms with Crippen LogP contribution in [0.3, 0.4) is 0 Å². The first-order valence-electron chi connectivity index (χ1n) is 16.1. The minimum absolute atomic E-state index is 0.0889. The van der Waals surface area contributed by atoms with Crippen LogP contribution in [0, 0.1) is 13.8 Å². The Balaban J connectivity index is 1.29. The van der Waals surface area contributed by atoms with Gasteiger partial charge in [0, 0.05) is 29.1 Å². The number of pyridine rings is 1. The van der Waals surface area contributed by atoms with Crippen LogP contribution in [0.5, 0.6) is 11.5 Å². The van der Waals surface area contributed by atoms with Gasteiger partial charge in [-0.15, -0.1) is 0 Å². The molecule has 0 fully saturated rings. The van der Waals surface area contributed by atoms with Crippen LogP contribution >= 0.6 is 0 Å². The molecular formula is C42H37N4O+. The summed E-state index contributed by atoms with van der Waals surface area (Å²) in [5.41, 5.74) is 10.3. The average Bonchev–Trinajstić information content (AvgIpc) is 3.60. The second-order valence-electron chi connectivity index (χ2n) is 13.4. The number of aromatic nitrogens is 4. The van der Waals surface area contributed by atoms with E-state index in [4.69, 9.17) is 9.72 Å². The quantitative estimate of drug-likeness (QED) is 0.181. The second kappa shape index (κ2) is 11.0. The van der Waals surface area contributed by atoms with Gasteiger partial charge in [-0.3, -0.25) is 4.57 Å². The first kappa shape index (κ1) is 28.8. The lowest BCUT2D eigenvalue weighted by Crippen LogP contribution is -2.28. The minimum Gasteiger partial charge on any atom is -0.457 e. The summed E-state index contributed by atoms with van der Waals surface area (Å²) in [7, 11) is 0. The fourth-order valence-corrected chi connectivity index (χ4v) is 6.51. The van der Waals surface area contributed by atoms with Crippen molar-refractivity contribution in [2.45, 2.75) is 40.0 Å². The van der Waals surface area contributed by atoms with Crippen molar-refractivity contribution in [1.29, 1.82) is 0 Å². The molecule has 3 heterocycles. The van der Waals surface area contributed by atoms with E-state index < -0.39 is 0 Å². The second-order valence-corrected chi connectivity index (χ2v) is 13.4. The highest BCUT2D eigenvalue weighted by Gasteiger charge is 2.24. The van der Waals surface area contributed by atoms with Gasteiger partial charge in [-0.25, -0.2) is 4.98 Å². The van der Waals surface area contributed by atoms with Crippen LogP contribution in [0.25, 0.3) is 50.0 Å². The zero-order chi connectivity index (χ0) is 32.3. The van der Waals surface area contributed by atoms with Crippen LogP contribution in [0.1, 0.15) is 37.5 Å². The number of benzene rings is 5. The maximum Gasteiger partial charge on any atom is 0.255 e. The van der Waals surface area contributed by atoms with E-state index >= 15 is 0 Å². The van der Waals surface area contributed by atoms with Gasteiger partial charge >= 0.3 is 0 Å². The fraction of sp³-hybridized carbons (Fsp3) is 0.143. The number of ether oxygens (including phenoxy) is 1. The van der Waals surface area contributed by atoms with Crippen molar-refractivity contribution in [2.24, 2.45) is 0 Å². The number of para-hydroxylation sites is 2. The molecule has 0 aliphatic rings. The summed E-state index contributed by atoms with van der Waals surface area (Å²) in [6, 6.07) is 42.6. The first-order chi connectivity index (χ1) is 22.7. The maximum absolute atomic E-state index is 6.76. The Morgan fingerprint density at radius 3 is 2.17 bits per heavy atom. The third kappa shape index (κ3) is 5.05. The van der Waals surface area contributed by atoms with Gasteiger partial charge in [-0.1, -0.05) is 63.2 Å². The summed E-state index contributed by atoms with van der Waals surface area (Å²) < 4.78 is 13.5. The third-order valence-electron chi connectivity index (χ3n) is 9.17. The molecule has 3 aromatic heterocycles. The molecule has 8 aromatic rings. The summed E-state index contributed by atoms with van der Waals surface area (Å²) in [5.74, 6) is 2.45. The highest BCUT2D eigenvalue weighted by molar-refractivity contribution is 6.09. The van der Waals surface area contributed by atoms with Gasteiger partial charge in [0.05, 0.1) is 11.0 Å². The Morgan fingerprint density at radius 2 is 1.38 bits per heavy atom. The molecule has 0 spiro atoms. The van der Waals surface area contributed by atoms with E-state index in [1.165, 1.54) is 22.1 Å². The summed E-state index contributed by atoms with van der Waals surface area (Å²) in [6.07, 6.45) is 4.03. The van der Waals surface area contributed by atoms with Crippen molar-refractivity contribution in [3.63, 3.8) is 0 Å². The Bertz CT molecular complexity index is 2430. The summed E-state index contributed by atoms with van der Waals surface area (Å²) in [5, 5.41) is 2.35. The fourth-order valence-electron chi connectivity index (χ4n) is 6.51. The molecule has 0 bridgehead atoms. The molecule has 0 aliphatic heterocycles. The molecule has 0 atom stereocenters. The Labute approximate surface area is 274 Å². The number of rotatable bonds is 5. The van der Waals surface area contributed by atoms with Crippen molar-refractivity contribution >= 4 is 32.8 Å². The van der Waals surface area contributed by atoms with Gasteiger partial charge in [-0.05, 0) is 103 Å². The van der Waals surface area contributed by atoms with Gasteiger partial charge in [0.1, 0.15) is 28.7 Å². The van der Waals surface area contributed by atoms with Gasteiger partial charge < -0.3 is 4.74 Å². The van der Waals surface area contributed by atoms with E-state index in [2.05, 4.69) is 158 Å². The maximum atomic E-state index is 6.76. The van der Waals surface area contributed by atoms with Crippen molar-refractivity contribution in [3.8, 4) is 28.7 Å². The van der Waals surface area contributed by atoms with Crippen molar-refractivity contribution in [3.05, 3.63) is 151 Å². The number of nitrogens with zero attached hydrogens (tertiary/aromatic N) is 4. The Kier molecular flexibility index (Phi) is 6.73. The molecule has 47 heavy (non-hydrogen) atoms. The third-order valence-corrected chi connectivity index (χ3v) is 9.17. The lowest BCUT2D eigenvalue weighted by Gasteiger charge is -2.20. The van der Waals surface area contributed by atoms with Gasteiger partial charge in [-0.2, -0.15) is 9.13 Å². The molecule has 0 unspecified atom stereocenters. The van der Waals surface area contributed by atoms with Crippen LogP contribution < -0.4 is 9.30 Å². The summed E-state index contributed by atoms with van der Waals surface area (Å²) >= 11 is 0. The molecule has 0 N–H and O–H groups in total. The van der Waals surface area contributed by atoms with Crippen molar-refractivity contribution in [1.82, 2.24) is 14.1 Å². The standard InChI is InChI=1S/C42H37N4O/c1-28-21-39-40(22-29(28)2)45(27-44(39)31-13-7-6-8-14-31)32-23-30(42(3,4)5)24-34(25-32)47-33-18-19-36-35-15-9-10-16-37(35)46(38(36)26-33)41-17-11-12-20-43-41/h6-27H,1-5H3/q+1. The van der Waals surface area contributed by atoms with Crippen LogP contribution in [0.2, 0.25) is 0 Å². The van der Waals surface area contributed by atoms with E-state index in [0.29, 0.717) is 0 Å². The number of hydrogen-bond donors (Lipinski definition) is 0. The predicted octanol–water partition coefficient (Wildman–Crippen LogP) is 10.1. The molecule has 0 aliphatic carbocycles. The number of imidazole rings is 1. The normalized spacial score (nSPS) is 11.9. The van der Waals surface area contributed by atoms with Gasteiger partial charge in [0.15, 0.2) is 11.0 Å². The minimum atomic E-state index is -0.0889. The van der Waals surface area contributed by atoms with Crippen LogP contribution in [-0.2, 0) is 5.41 Å². The van der Waals surface area contributed by atoms with Gasteiger partial charge in [0.2, 0.25) is 0 Å².